The van der Waals surface area contributed by atoms with Crippen molar-refractivity contribution in [1.29, 1.82) is 5.26 Å². The number of allylic oxidation sites excluding steroid dienone is 1. The molecule has 3 N–H and O–H groups in total. The largest absolute Gasteiger partial charge is 0.466 e. The molecule has 2 heterocycles. The Balaban J connectivity index is 1.83. The summed E-state index contributed by atoms with van der Waals surface area (Å²) in [7, 11) is 1.17. The van der Waals surface area contributed by atoms with Crippen LogP contribution in [0.2, 0.25) is 0 Å². The van der Waals surface area contributed by atoms with Crippen LogP contribution in [0.15, 0.2) is 83.7 Å². The second-order valence-corrected chi connectivity index (χ2v) is 9.66. The molecule has 1 aromatic heterocycles. The van der Waals surface area contributed by atoms with Gasteiger partial charge >= 0.3 is 17.8 Å². The zero-order valence-corrected chi connectivity index (χ0v) is 23.9. The minimum Gasteiger partial charge on any atom is -0.466 e. The number of hydrogen-bond donors (Lipinski definition) is 3. The van der Waals surface area contributed by atoms with E-state index in [1.807, 2.05) is 0 Å². The van der Waals surface area contributed by atoms with Gasteiger partial charge in [0.25, 0.3) is 0 Å². The predicted octanol–water partition coefficient (Wildman–Crippen LogP) is 3.69. The molecule has 3 aromatic rings. The number of carbonyl (C=O) groups is 1. The third kappa shape index (κ3) is 6.37. The number of carbonyl (C=O) groups excluding carboxylic acids is 1. The lowest BCUT2D eigenvalue weighted by atomic mass is 9.89. The van der Waals surface area contributed by atoms with Gasteiger partial charge in [-0.1, -0.05) is 18.7 Å². The summed E-state index contributed by atoms with van der Waals surface area (Å²) in [6.45, 7) is 5.90. The van der Waals surface area contributed by atoms with Crippen LogP contribution in [-0.2, 0) is 22.1 Å². The van der Waals surface area contributed by atoms with Crippen molar-refractivity contribution in [1.82, 2.24) is 25.0 Å². The molecule has 0 bridgehead atoms. The van der Waals surface area contributed by atoms with Crippen LogP contribution in [0.25, 0.3) is 0 Å². The first kappa shape index (κ1) is 31.6. The van der Waals surface area contributed by atoms with Crippen LogP contribution >= 0.6 is 0 Å². The number of methoxy groups -OCH3 is 1. The molecule has 0 fully saturated rings. The number of ether oxygens (including phenoxy) is 1. The van der Waals surface area contributed by atoms with Crippen LogP contribution in [0.4, 0.5) is 24.8 Å². The summed E-state index contributed by atoms with van der Waals surface area (Å²) in [5.74, 6) is -0.831. The number of aromatic nitrogens is 3. The van der Waals surface area contributed by atoms with Gasteiger partial charge in [-0.3, -0.25) is 4.90 Å². The second-order valence-electron chi connectivity index (χ2n) is 9.66. The number of benzene rings is 2. The van der Waals surface area contributed by atoms with Crippen molar-refractivity contribution >= 4 is 17.6 Å². The molecule has 4 rings (SSSR count). The molecular weight excluding hydrogens is 579 g/mol. The molecular formula is C30H30F3N7O4. The molecule has 0 amide bonds. The Bertz CT molecular complexity index is 1700. The van der Waals surface area contributed by atoms with E-state index in [0.29, 0.717) is 36.2 Å². The number of aliphatic hydroxyl groups is 1. The van der Waals surface area contributed by atoms with E-state index in [1.165, 1.54) is 35.6 Å². The first-order valence-corrected chi connectivity index (χ1v) is 13.4. The molecule has 0 radical (unpaired) electrons. The van der Waals surface area contributed by atoms with Crippen molar-refractivity contribution in [2.75, 3.05) is 31.7 Å². The monoisotopic (exact) mass is 609 g/mol. The van der Waals surface area contributed by atoms with Crippen molar-refractivity contribution < 1.29 is 27.8 Å². The van der Waals surface area contributed by atoms with Gasteiger partial charge in [-0.2, -0.15) is 18.4 Å². The fourth-order valence-corrected chi connectivity index (χ4v) is 5.02. The molecule has 1 atom stereocenters. The Morgan fingerprint density at radius 2 is 2.09 bits per heavy atom. The van der Waals surface area contributed by atoms with Gasteiger partial charge in [0.2, 0.25) is 5.95 Å². The Morgan fingerprint density at radius 3 is 2.75 bits per heavy atom. The number of aliphatic hydroxyl groups excluding tert-OH is 1. The number of fused-ring (bicyclic) bond motifs is 1. The Labute approximate surface area is 250 Å². The van der Waals surface area contributed by atoms with E-state index < -0.39 is 29.4 Å². The number of H-pyrrole nitrogens is 1. The first-order valence-electron chi connectivity index (χ1n) is 13.4. The molecule has 0 saturated carbocycles. The maximum Gasteiger partial charge on any atom is 0.416 e. The van der Waals surface area contributed by atoms with E-state index in [-0.39, 0.29) is 29.5 Å². The van der Waals surface area contributed by atoms with Gasteiger partial charge in [-0.15, -0.1) is 5.10 Å². The molecule has 0 unspecified atom stereocenters. The van der Waals surface area contributed by atoms with Crippen LogP contribution in [0.1, 0.15) is 35.2 Å². The first-order chi connectivity index (χ1) is 21.0. The molecule has 230 valence electrons. The SMILES string of the molecule is C=CN(/C=C\NCCc1cc(C#N)ccc1[C@@H]1C(C(=O)OC)=C(C)N(c2cccc(C(F)(F)F)c2)c2n[nH]c(=O)n21)CCO. The number of hydrogen-bond acceptors (Lipinski definition) is 9. The molecule has 0 aliphatic carbocycles. The van der Waals surface area contributed by atoms with Crippen LogP contribution < -0.4 is 15.9 Å². The molecule has 1 aliphatic rings. The van der Waals surface area contributed by atoms with Gasteiger partial charge in [0.05, 0.1) is 36.5 Å². The Kier molecular flexibility index (Phi) is 9.60. The predicted molar refractivity (Wildman–Crippen MR) is 155 cm³/mol. The van der Waals surface area contributed by atoms with Crippen molar-refractivity contribution in [2.24, 2.45) is 0 Å². The molecule has 11 nitrogen and oxygen atoms in total. The summed E-state index contributed by atoms with van der Waals surface area (Å²) in [5.41, 5.74) is 0.0910. The normalized spacial score (nSPS) is 14.8. The summed E-state index contributed by atoms with van der Waals surface area (Å²) in [5, 5.41) is 28.3. The zero-order valence-electron chi connectivity index (χ0n) is 23.9. The van der Waals surface area contributed by atoms with Gasteiger partial charge in [-0.25, -0.2) is 19.3 Å². The van der Waals surface area contributed by atoms with Crippen molar-refractivity contribution in [3.8, 4) is 6.07 Å². The van der Waals surface area contributed by atoms with Crippen molar-refractivity contribution in [3.63, 3.8) is 0 Å². The molecule has 0 saturated heterocycles. The van der Waals surface area contributed by atoms with E-state index in [4.69, 9.17) is 9.84 Å². The molecule has 44 heavy (non-hydrogen) atoms. The summed E-state index contributed by atoms with van der Waals surface area (Å²) in [6, 6.07) is 10.3. The fourth-order valence-electron chi connectivity index (χ4n) is 5.02. The van der Waals surface area contributed by atoms with E-state index in [1.54, 1.807) is 41.7 Å². The standard InChI is InChI=1S/C30H30F3N7O4/c1-4-38(14-15-41)13-12-35-11-10-21-16-20(18-34)8-9-24(21)26-25(27(42)44-3)19(2)39(28-36-37-29(43)40(26)28)23-7-5-6-22(17-23)30(31,32)33/h4-9,12-13,16-17,26,35,41H,1,10-11,14-15H2,2-3H3,(H,37,43)/b13-12-/t26-/m1/s1. The lowest BCUT2D eigenvalue weighted by Gasteiger charge is -2.36. The minimum atomic E-state index is -4.63. The van der Waals surface area contributed by atoms with Gasteiger partial charge in [-0.05, 0) is 61.0 Å². The fraction of sp³-hybridized carbons (Fsp3) is 0.267. The maximum atomic E-state index is 13.6. The number of alkyl halides is 3. The number of halogens is 3. The number of nitrogens with one attached hydrogen (secondary N) is 2. The van der Waals surface area contributed by atoms with E-state index in [2.05, 4.69) is 28.2 Å². The zero-order chi connectivity index (χ0) is 32.0. The van der Waals surface area contributed by atoms with Crippen molar-refractivity contribution in [2.45, 2.75) is 25.6 Å². The smallest absolute Gasteiger partial charge is 0.416 e. The molecule has 1 aliphatic heterocycles. The summed E-state index contributed by atoms with van der Waals surface area (Å²) in [6.07, 6.45) is 0.635. The number of anilines is 2. The van der Waals surface area contributed by atoms with Gasteiger partial charge in [0.15, 0.2) is 0 Å². The highest BCUT2D eigenvalue weighted by Gasteiger charge is 2.41. The second kappa shape index (κ2) is 13.3. The third-order valence-corrected chi connectivity index (χ3v) is 7.06. The third-order valence-electron chi connectivity index (χ3n) is 7.06. The number of nitriles is 1. The quantitative estimate of drug-likeness (QED) is 0.219. The van der Waals surface area contributed by atoms with Gasteiger partial charge in [0, 0.05) is 36.9 Å². The van der Waals surface area contributed by atoms with Crippen molar-refractivity contribution in [3.05, 3.63) is 112 Å². The maximum absolute atomic E-state index is 13.6. The van der Waals surface area contributed by atoms with Gasteiger partial charge < -0.3 is 20.1 Å². The molecule has 2 aromatic carbocycles. The van der Waals surface area contributed by atoms with Crippen LogP contribution in [0, 0.1) is 11.3 Å². The summed E-state index contributed by atoms with van der Waals surface area (Å²) < 4.78 is 47.1. The highest BCUT2D eigenvalue weighted by Crippen LogP contribution is 2.43. The topological polar surface area (TPSA) is 140 Å². The number of rotatable bonds is 11. The lowest BCUT2D eigenvalue weighted by molar-refractivity contribution is -0.138. The van der Waals surface area contributed by atoms with Crippen LogP contribution in [0.5, 0.6) is 0 Å². The Morgan fingerprint density at radius 1 is 1.32 bits per heavy atom. The van der Waals surface area contributed by atoms with Gasteiger partial charge in [0.1, 0.15) is 6.04 Å². The highest BCUT2D eigenvalue weighted by molar-refractivity contribution is 5.93. The summed E-state index contributed by atoms with van der Waals surface area (Å²) >= 11 is 0. The highest BCUT2D eigenvalue weighted by atomic mass is 19.4. The Hall–Kier alpha value is -5.29. The minimum absolute atomic E-state index is 0.00496. The number of esters is 1. The van der Waals surface area contributed by atoms with E-state index in [0.717, 1.165) is 12.1 Å². The van der Waals surface area contributed by atoms with Crippen LogP contribution in [-0.4, -0.2) is 57.5 Å². The molecule has 0 spiro atoms. The number of aromatic amines is 1. The lowest BCUT2D eigenvalue weighted by Crippen LogP contribution is -2.38. The van der Waals surface area contributed by atoms with E-state index in [9.17, 15) is 28.0 Å². The van der Waals surface area contributed by atoms with E-state index >= 15 is 0 Å². The molecule has 14 heteroatoms. The average Bonchev–Trinajstić information content (AvgIpc) is 3.39. The van der Waals surface area contributed by atoms with Crippen LogP contribution in [0.3, 0.4) is 0 Å². The summed E-state index contributed by atoms with van der Waals surface area (Å²) in [4.78, 5) is 29.6. The average molecular weight is 610 g/mol. The number of nitrogens with zero attached hydrogens (tertiary/aromatic N) is 5.